The standard InChI is InChI=1S/C15H22O2/c1-5-9-13(12-10-7-6-8-11-12)15(2,3)14(16)17-4/h6-8,10-11,13H,5,9H2,1-4H3. The molecule has 17 heavy (non-hydrogen) atoms. The van der Waals surface area contributed by atoms with Crippen molar-refractivity contribution in [2.75, 3.05) is 7.11 Å². The number of benzene rings is 1. The number of esters is 1. The molecule has 1 aromatic carbocycles. The topological polar surface area (TPSA) is 26.3 Å². The molecule has 0 heterocycles. The first-order chi connectivity index (χ1) is 8.04. The van der Waals surface area contributed by atoms with Crippen molar-refractivity contribution in [3.63, 3.8) is 0 Å². The molecule has 0 aliphatic heterocycles. The van der Waals surface area contributed by atoms with E-state index < -0.39 is 5.41 Å². The minimum atomic E-state index is -0.480. The van der Waals surface area contributed by atoms with Gasteiger partial charge >= 0.3 is 5.97 Å². The summed E-state index contributed by atoms with van der Waals surface area (Å²) in [6, 6.07) is 10.2. The fraction of sp³-hybridized carbons (Fsp3) is 0.533. The average molecular weight is 234 g/mol. The first-order valence-corrected chi connectivity index (χ1v) is 6.17. The number of rotatable bonds is 5. The Labute approximate surface area is 104 Å². The van der Waals surface area contributed by atoms with Gasteiger partial charge in [0.05, 0.1) is 12.5 Å². The maximum Gasteiger partial charge on any atom is 0.311 e. The number of carbonyl (C=O) groups excluding carboxylic acids is 1. The lowest BCUT2D eigenvalue weighted by molar-refractivity contribution is -0.152. The summed E-state index contributed by atoms with van der Waals surface area (Å²) in [5.74, 6) is 0.0703. The Morgan fingerprint density at radius 1 is 1.29 bits per heavy atom. The van der Waals surface area contributed by atoms with Crippen LogP contribution in [-0.4, -0.2) is 13.1 Å². The third-order valence-corrected chi connectivity index (χ3v) is 3.36. The van der Waals surface area contributed by atoms with E-state index >= 15 is 0 Å². The summed E-state index contributed by atoms with van der Waals surface area (Å²) in [7, 11) is 1.46. The molecule has 0 amide bonds. The molecule has 1 aromatic rings. The largest absolute Gasteiger partial charge is 0.469 e. The monoisotopic (exact) mass is 234 g/mol. The molecular formula is C15H22O2. The summed E-state index contributed by atoms with van der Waals surface area (Å²) in [6.07, 6.45) is 2.05. The van der Waals surface area contributed by atoms with Crippen LogP contribution in [0.2, 0.25) is 0 Å². The van der Waals surface area contributed by atoms with Gasteiger partial charge in [0.1, 0.15) is 0 Å². The van der Waals surface area contributed by atoms with E-state index in [4.69, 9.17) is 4.74 Å². The van der Waals surface area contributed by atoms with E-state index in [0.717, 1.165) is 12.8 Å². The molecular weight excluding hydrogens is 212 g/mol. The number of methoxy groups -OCH3 is 1. The fourth-order valence-corrected chi connectivity index (χ4v) is 2.32. The molecule has 0 bridgehead atoms. The Balaban J connectivity index is 3.05. The number of ether oxygens (including phenoxy) is 1. The predicted octanol–water partition coefficient (Wildman–Crippen LogP) is 3.77. The first kappa shape index (κ1) is 13.8. The average Bonchev–Trinajstić information content (AvgIpc) is 2.35. The van der Waals surface area contributed by atoms with E-state index in [1.807, 2.05) is 32.0 Å². The SMILES string of the molecule is CCCC(c1ccccc1)C(C)(C)C(=O)OC. The molecule has 2 nitrogen and oxygen atoms in total. The molecule has 0 N–H and O–H groups in total. The lowest BCUT2D eigenvalue weighted by Crippen LogP contribution is -2.32. The molecule has 1 atom stereocenters. The molecule has 94 valence electrons. The molecule has 0 fully saturated rings. The van der Waals surface area contributed by atoms with Crippen molar-refractivity contribution < 1.29 is 9.53 Å². The zero-order chi connectivity index (χ0) is 12.9. The molecule has 0 aliphatic carbocycles. The van der Waals surface area contributed by atoms with Crippen LogP contribution in [-0.2, 0) is 9.53 Å². The Kier molecular flexibility index (Phi) is 4.73. The smallest absolute Gasteiger partial charge is 0.311 e. The Hall–Kier alpha value is -1.31. The van der Waals surface area contributed by atoms with Gasteiger partial charge in [0.15, 0.2) is 0 Å². The van der Waals surface area contributed by atoms with Crippen molar-refractivity contribution in [1.29, 1.82) is 0 Å². The second-order valence-electron chi connectivity index (χ2n) is 4.97. The quantitative estimate of drug-likeness (QED) is 0.725. The molecule has 2 heteroatoms. The van der Waals surface area contributed by atoms with E-state index in [0.29, 0.717) is 0 Å². The van der Waals surface area contributed by atoms with Crippen molar-refractivity contribution in [2.45, 2.75) is 39.5 Å². The second-order valence-corrected chi connectivity index (χ2v) is 4.97. The highest BCUT2D eigenvalue weighted by molar-refractivity contribution is 5.77. The number of hydrogen-bond acceptors (Lipinski definition) is 2. The van der Waals surface area contributed by atoms with Gasteiger partial charge in [-0.05, 0) is 31.7 Å². The minimum Gasteiger partial charge on any atom is -0.469 e. The lowest BCUT2D eigenvalue weighted by atomic mass is 9.72. The minimum absolute atomic E-state index is 0.139. The summed E-state index contributed by atoms with van der Waals surface area (Å²) >= 11 is 0. The first-order valence-electron chi connectivity index (χ1n) is 6.17. The Morgan fingerprint density at radius 2 is 1.88 bits per heavy atom. The number of hydrogen-bond donors (Lipinski definition) is 0. The molecule has 0 aliphatic rings. The van der Waals surface area contributed by atoms with Crippen molar-refractivity contribution in [1.82, 2.24) is 0 Å². The van der Waals surface area contributed by atoms with Crippen molar-refractivity contribution in [3.05, 3.63) is 35.9 Å². The highest BCUT2D eigenvalue weighted by Crippen LogP contribution is 2.39. The van der Waals surface area contributed by atoms with Gasteiger partial charge in [-0.1, -0.05) is 43.7 Å². The Morgan fingerprint density at radius 3 is 2.35 bits per heavy atom. The molecule has 0 radical (unpaired) electrons. The van der Waals surface area contributed by atoms with E-state index in [1.165, 1.54) is 12.7 Å². The summed E-state index contributed by atoms with van der Waals surface area (Å²) in [4.78, 5) is 11.9. The van der Waals surface area contributed by atoms with Crippen molar-refractivity contribution in [2.24, 2.45) is 5.41 Å². The van der Waals surface area contributed by atoms with Crippen molar-refractivity contribution in [3.8, 4) is 0 Å². The van der Waals surface area contributed by atoms with Gasteiger partial charge in [0, 0.05) is 0 Å². The molecule has 0 spiro atoms. The third kappa shape index (κ3) is 3.09. The van der Waals surface area contributed by atoms with Crippen LogP contribution < -0.4 is 0 Å². The van der Waals surface area contributed by atoms with Gasteiger partial charge in [-0.3, -0.25) is 4.79 Å². The van der Waals surface area contributed by atoms with Gasteiger partial charge in [0.25, 0.3) is 0 Å². The molecule has 0 saturated heterocycles. The predicted molar refractivity (Wildman–Crippen MR) is 69.9 cm³/mol. The van der Waals surface area contributed by atoms with Crippen LogP contribution in [0.4, 0.5) is 0 Å². The van der Waals surface area contributed by atoms with Gasteiger partial charge in [-0.2, -0.15) is 0 Å². The molecule has 1 rings (SSSR count). The van der Waals surface area contributed by atoms with E-state index in [2.05, 4.69) is 19.1 Å². The lowest BCUT2D eigenvalue weighted by Gasteiger charge is -2.32. The van der Waals surface area contributed by atoms with Gasteiger partial charge in [0.2, 0.25) is 0 Å². The maximum atomic E-state index is 11.9. The van der Waals surface area contributed by atoms with Crippen LogP contribution in [0, 0.1) is 5.41 Å². The van der Waals surface area contributed by atoms with E-state index in [-0.39, 0.29) is 11.9 Å². The van der Waals surface area contributed by atoms with Gasteiger partial charge in [-0.15, -0.1) is 0 Å². The highest BCUT2D eigenvalue weighted by atomic mass is 16.5. The second kappa shape index (κ2) is 5.85. The summed E-state index contributed by atoms with van der Waals surface area (Å²) < 4.78 is 4.92. The van der Waals surface area contributed by atoms with Gasteiger partial charge < -0.3 is 4.74 Å². The summed E-state index contributed by atoms with van der Waals surface area (Å²) in [5.41, 5.74) is 0.733. The summed E-state index contributed by atoms with van der Waals surface area (Å²) in [6.45, 7) is 6.07. The molecule has 1 unspecified atom stereocenters. The Bertz CT molecular complexity index is 354. The normalized spacial score (nSPS) is 13.2. The van der Waals surface area contributed by atoms with Crippen LogP contribution in [0.3, 0.4) is 0 Å². The fourth-order valence-electron chi connectivity index (χ4n) is 2.32. The van der Waals surface area contributed by atoms with Crippen LogP contribution in [0.1, 0.15) is 45.1 Å². The van der Waals surface area contributed by atoms with Gasteiger partial charge in [-0.25, -0.2) is 0 Å². The van der Waals surface area contributed by atoms with E-state index in [1.54, 1.807) is 0 Å². The maximum absolute atomic E-state index is 11.9. The zero-order valence-electron chi connectivity index (χ0n) is 11.2. The molecule has 0 saturated carbocycles. The third-order valence-electron chi connectivity index (χ3n) is 3.36. The van der Waals surface area contributed by atoms with Crippen molar-refractivity contribution >= 4 is 5.97 Å². The van der Waals surface area contributed by atoms with Crippen LogP contribution in [0.25, 0.3) is 0 Å². The summed E-state index contributed by atoms with van der Waals surface area (Å²) in [5, 5.41) is 0. The van der Waals surface area contributed by atoms with E-state index in [9.17, 15) is 4.79 Å². The van der Waals surface area contributed by atoms with Crippen LogP contribution >= 0.6 is 0 Å². The highest BCUT2D eigenvalue weighted by Gasteiger charge is 2.37. The van der Waals surface area contributed by atoms with Crippen LogP contribution in [0.15, 0.2) is 30.3 Å². The van der Waals surface area contributed by atoms with Crippen LogP contribution in [0.5, 0.6) is 0 Å². The number of carbonyl (C=O) groups is 1. The molecule has 0 aromatic heterocycles. The zero-order valence-corrected chi connectivity index (χ0v) is 11.2.